The topological polar surface area (TPSA) is 59.1 Å². The van der Waals surface area contributed by atoms with Crippen molar-refractivity contribution in [1.29, 1.82) is 0 Å². The molecule has 0 aliphatic carbocycles. The Balaban J connectivity index is 2.23. The van der Waals surface area contributed by atoms with Gasteiger partial charge in [0.1, 0.15) is 5.01 Å². The first kappa shape index (κ1) is 12.0. The fourth-order valence-electron chi connectivity index (χ4n) is 1.87. The van der Waals surface area contributed by atoms with Gasteiger partial charge >= 0.3 is 0 Å². The fraction of sp³-hybridized carbons (Fsp3) is 0.700. The summed E-state index contributed by atoms with van der Waals surface area (Å²) in [4.78, 5) is 5.71. The SMILES string of the molecule is CCc1nc(C2CS(=O)(=O)CCN2)sc1C. The smallest absolute Gasteiger partial charge is 0.153 e. The predicted molar refractivity (Wildman–Crippen MR) is 65.6 cm³/mol. The van der Waals surface area contributed by atoms with Crippen LogP contribution in [0.3, 0.4) is 0 Å². The predicted octanol–water partition coefficient (Wildman–Crippen LogP) is 1.07. The Morgan fingerprint density at radius 2 is 2.31 bits per heavy atom. The van der Waals surface area contributed by atoms with Crippen LogP contribution in [0.25, 0.3) is 0 Å². The second-order valence-corrected chi connectivity index (χ2v) is 7.49. The number of aryl methyl sites for hydroxylation is 2. The van der Waals surface area contributed by atoms with E-state index >= 15 is 0 Å². The monoisotopic (exact) mass is 260 g/mol. The first-order valence-electron chi connectivity index (χ1n) is 5.42. The Bertz CT molecular complexity index is 479. The molecular formula is C10H16N2O2S2. The van der Waals surface area contributed by atoms with Crippen molar-refractivity contribution in [2.24, 2.45) is 0 Å². The number of nitrogens with one attached hydrogen (secondary N) is 1. The lowest BCUT2D eigenvalue weighted by molar-refractivity contribution is 0.529. The molecule has 16 heavy (non-hydrogen) atoms. The Labute approximate surface area is 100 Å². The first-order valence-corrected chi connectivity index (χ1v) is 8.05. The van der Waals surface area contributed by atoms with Crippen LogP contribution >= 0.6 is 11.3 Å². The molecule has 0 saturated carbocycles. The summed E-state index contributed by atoms with van der Waals surface area (Å²) in [6.07, 6.45) is 0.905. The number of thiazole rings is 1. The van der Waals surface area contributed by atoms with Crippen LogP contribution in [0.15, 0.2) is 0 Å². The molecule has 4 nitrogen and oxygen atoms in total. The summed E-state index contributed by atoms with van der Waals surface area (Å²) in [7, 11) is -2.89. The molecule has 0 aromatic carbocycles. The maximum absolute atomic E-state index is 11.5. The molecule has 1 atom stereocenters. The molecule has 1 aliphatic rings. The van der Waals surface area contributed by atoms with Crippen molar-refractivity contribution in [1.82, 2.24) is 10.3 Å². The standard InChI is InChI=1S/C10H16N2O2S2/c1-3-8-7(2)15-10(12-8)9-6-16(13,14)5-4-11-9/h9,11H,3-6H2,1-2H3. The minimum atomic E-state index is -2.89. The molecule has 1 aromatic heterocycles. The third-order valence-corrected chi connectivity index (χ3v) is 5.56. The zero-order chi connectivity index (χ0) is 11.8. The van der Waals surface area contributed by atoms with Crippen LogP contribution in [0.2, 0.25) is 0 Å². The second-order valence-electron chi connectivity index (χ2n) is 4.03. The first-order chi connectivity index (χ1) is 7.52. The Morgan fingerprint density at radius 3 is 2.88 bits per heavy atom. The zero-order valence-electron chi connectivity index (χ0n) is 9.49. The number of hydrogen-bond acceptors (Lipinski definition) is 5. The minimum absolute atomic E-state index is 0.109. The molecule has 1 N–H and O–H groups in total. The number of nitrogens with zero attached hydrogens (tertiary/aromatic N) is 1. The summed E-state index contributed by atoms with van der Waals surface area (Å²) in [5.74, 6) is 0.428. The summed E-state index contributed by atoms with van der Waals surface area (Å²) in [5.41, 5.74) is 1.09. The molecule has 0 amide bonds. The van der Waals surface area contributed by atoms with Crippen molar-refractivity contribution in [2.45, 2.75) is 26.3 Å². The van der Waals surface area contributed by atoms with E-state index in [-0.39, 0.29) is 17.5 Å². The summed E-state index contributed by atoms with van der Waals surface area (Å²) in [5, 5.41) is 4.14. The summed E-state index contributed by atoms with van der Waals surface area (Å²) < 4.78 is 23.1. The lowest BCUT2D eigenvalue weighted by Gasteiger charge is -2.21. The van der Waals surface area contributed by atoms with Gasteiger partial charge in [0.15, 0.2) is 9.84 Å². The van der Waals surface area contributed by atoms with Crippen LogP contribution in [-0.2, 0) is 16.3 Å². The highest BCUT2D eigenvalue weighted by Gasteiger charge is 2.27. The van der Waals surface area contributed by atoms with Crippen molar-refractivity contribution in [3.05, 3.63) is 15.6 Å². The van der Waals surface area contributed by atoms with Crippen molar-refractivity contribution < 1.29 is 8.42 Å². The van der Waals surface area contributed by atoms with Gasteiger partial charge in [0.2, 0.25) is 0 Å². The number of sulfone groups is 1. The van der Waals surface area contributed by atoms with Crippen LogP contribution in [0, 0.1) is 6.92 Å². The molecule has 0 bridgehead atoms. The van der Waals surface area contributed by atoms with Crippen molar-refractivity contribution in [3.63, 3.8) is 0 Å². The van der Waals surface area contributed by atoms with E-state index in [1.54, 1.807) is 11.3 Å². The molecule has 0 radical (unpaired) electrons. The summed E-state index contributed by atoms with van der Waals surface area (Å²) in [6.45, 7) is 4.64. The van der Waals surface area contributed by atoms with E-state index < -0.39 is 9.84 Å². The van der Waals surface area contributed by atoms with E-state index in [1.807, 2.05) is 6.92 Å². The molecule has 1 saturated heterocycles. The van der Waals surface area contributed by atoms with Gasteiger partial charge in [0.05, 0.1) is 23.2 Å². The average Bonchev–Trinajstić information content (AvgIpc) is 2.58. The number of rotatable bonds is 2. The van der Waals surface area contributed by atoms with Crippen LogP contribution < -0.4 is 5.32 Å². The highest BCUT2D eigenvalue weighted by Crippen LogP contribution is 2.26. The fourth-order valence-corrected chi connectivity index (χ4v) is 4.44. The van der Waals surface area contributed by atoms with E-state index in [9.17, 15) is 8.42 Å². The quantitative estimate of drug-likeness (QED) is 0.864. The molecule has 6 heteroatoms. The Morgan fingerprint density at radius 1 is 1.56 bits per heavy atom. The van der Waals surface area contributed by atoms with Crippen molar-refractivity contribution >= 4 is 21.2 Å². The minimum Gasteiger partial charge on any atom is -0.306 e. The zero-order valence-corrected chi connectivity index (χ0v) is 11.1. The molecule has 2 rings (SSSR count). The summed E-state index contributed by atoms with van der Waals surface area (Å²) in [6, 6.07) is -0.109. The largest absolute Gasteiger partial charge is 0.306 e. The third kappa shape index (κ3) is 2.44. The van der Waals surface area contributed by atoms with Gasteiger partial charge in [0, 0.05) is 11.4 Å². The van der Waals surface area contributed by atoms with Crippen molar-refractivity contribution in [3.8, 4) is 0 Å². The van der Waals surface area contributed by atoms with Gasteiger partial charge in [-0.3, -0.25) is 0 Å². The molecule has 90 valence electrons. The van der Waals surface area contributed by atoms with Gasteiger partial charge in [-0.15, -0.1) is 11.3 Å². The normalized spacial score (nSPS) is 24.5. The Hall–Kier alpha value is -0.460. The van der Waals surface area contributed by atoms with Gasteiger partial charge in [-0.25, -0.2) is 13.4 Å². The highest BCUT2D eigenvalue weighted by molar-refractivity contribution is 7.91. The van der Waals surface area contributed by atoms with E-state index in [1.165, 1.54) is 4.88 Å². The third-order valence-electron chi connectivity index (χ3n) is 2.77. The van der Waals surface area contributed by atoms with E-state index in [0.717, 1.165) is 17.1 Å². The average molecular weight is 260 g/mol. The molecule has 2 heterocycles. The molecule has 1 unspecified atom stereocenters. The molecule has 1 aliphatic heterocycles. The molecule has 1 aromatic rings. The molecule has 1 fully saturated rings. The maximum Gasteiger partial charge on any atom is 0.153 e. The van der Waals surface area contributed by atoms with Crippen LogP contribution in [0.5, 0.6) is 0 Å². The second kappa shape index (κ2) is 4.43. The van der Waals surface area contributed by atoms with Crippen LogP contribution in [0.1, 0.15) is 28.5 Å². The lowest BCUT2D eigenvalue weighted by atomic mass is 10.3. The highest BCUT2D eigenvalue weighted by atomic mass is 32.2. The van der Waals surface area contributed by atoms with Gasteiger partial charge in [0.25, 0.3) is 0 Å². The van der Waals surface area contributed by atoms with Gasteiger partial charge in [-0.1, -0.05) is 6.92 Å². The van der Waals surface area contributed by atoms with E-state index in [0.29, 0.717) is 6.54 Å². The molecule has 0 spiro atoms. The van der Waals surface area contributed by atoms with E-state index in [2.05, 4.69) is 17.2 Å². The number of aromatic nitrogens is 1. The molecular weight excluding hydrogens is 244 g/mol. The lowest BCUT2D eigenvalue weighted by Crippen LogP contribution is -2.39. The van der Waals surface area contributed by atoms with Gasteiger partial charge in [-0.05, 0) is 13.3 Å². The van der Waals surface area contributed by atoms with E-state index in [4.69, 9.17) is 0 Å². The van der Waals surface area contributed by atoms with Gasteiger partial charge in [-0.2, -0.15) is 0 Å². The van der Waals surface area contributed by atoms with Crippen molar-refractivity contribution in [2.75, 3.05) is 18.1 Å². The van der Waals surface area contributed by atoms with Crippen LogP contribution in [-0.4, -0.2) is 31.5 Å². The summed E-state index contributed by atoms with van der Waals surface area (Å²) >= 11 is 1.61. The number of hydrogen-bond donors (Lipinski definition) is 1. The maximum atomic E-state index is 11.5. The van der Waals surface area contributed by atoms with Crippen LogP contribution in [0.4, 0.5) is 0 Å². The Kier molecular flexibility index (Phi) is 3.32. The van der Waals surface area contributed by atoms with Gasteiger partial charge < -0.3 is 5.32 Å².